The molecule has 1 aromatic heterocycles. The monoisotopic (exact) mass is 350 g/mol. The average molecular weight is 351 g/mol. The molecule has 0 spiro atoms. The lowest BCUT2D eigenvalue weighted by Crippen LogP contribution is -2.26. The van der Waals surface area contributed by atoms with Crippen LogP contribution < -0.4 is 11.1 Å². The van der Waals surface area contributed by atoms with Crippen LogP contribution in [0.25, 0.3) is 0 Å². The van der Waals surface area contributed by atoms with E-state index in [2.05, 4.69) is 26.3 Å². The van der Waals surface area contributed by atoms with Gasteiger partial charge in [0, 0.05) is 28.9 Å². The van der Waals surface area contributed by atoms with E-state index in [9.17, 15) is 4.79 Å². The normalized spacial score (nSPS) is 10.6. The van der Waals surface area contributed by atoms with Gasteiger partial charge in [-0.3, -0.25) is 9.48 Å². The molecule has 1 aromatic carbocycles. The highest BCUT2D eigenvalue weighted by molar-refractivity contribution is 9.10. The van der Waals surface area contributed by atoms with Crippen molar-refractivity contribution < 1.29 is 4.79 Å². The first-order valence-electron chi connectivity index (χ1n) is 6.81. The van der Waals surface area contributed by atoms with Crippen LogP contribution in [0.1, 0.15) is 28.2 Å². The van der Waals surface area contributed by atoms with Crippen molar-refractivity contribution in [3.05, 3.63) is 45.7 Å². The van der Waals surface area contributed by atoms with Gasteiger partial charge in [0.25, 0.3) is 5.91 Å². The number of nitrogens with two attached hydrogens (primary N) is 1. The molecule has 0 bridgehead atoms. The molecule has 0 aliphatic carbocycles. The van der Waals surface area contributed by atoms with Gasteiger partial charge in [0.05, 0.1) is 11.3 Å². The van der Waals surface area contributed by atoms with E-state index in [1.54, 1.807) is 18.2 Å². The van der Waals surface area contributed by atoms with E-state index in [1.165, 1.54) is 0 Å². The maximum atomic E-state index is 12.1. The van der Waals surface area contributed by atoms with Crippen LogP contribution in [-0.2, 0) is 6.54 Å². The Labute approximate surface area is 132 Å². The molecule has 2 aromatic rings. The number of benzene rings is 1. The molecule has 112 valence electrons. The number of aromatic nitrogens is 2. The van der Waals surface area contributed by atoms with Gasteiger partial charge in [0.15, 0.2) is 0 Å². The predicted molar refractivity (Wildman–Crippen MR) is 87.2 cm³/mol. The van der Waals surface area contributed by atoms with Gasteiger partial charge in [-0.25, -0.2) is 0 Å². The molecule has 6 heteroatoms. The van der Waals surface area contributed by atoms with Crippen LogP contribution in [0.4, 0.5) is 5.69 Å². The predicted octanol–water partition coefficient (Wildman–Crippen LogP) is 2.66. The first-order chi connectivity index (χ1) is 9.97. The zero-order chi connectivity index (χ0) is 15.4. The van der Waals surface area contributed by atoms with Crippen LogP contribution in [0.15, 0.2) is 28.7 Å². The average Bonchev–Trinajstić information content (AvgIpc) is 2.75. The maximum Gasteiger partial charge on any atom is 0.252 e. The van der Waals surface area contributed by atoms with E-state index in [4.69, 9.17) is 5.73 Å². The Morgan fingerprint density at radius 3 is 2.81 bits per heavy atom. The third kappa shape index (κ3) is 4.07. The summed E-state index contributed by atoms with van der Waals surface area (Å²) in [5.74, 6) is -0.123. The Kier molecular flexibility index (Phi) is 5.01. The lowest BCUT2D eigenvalue weighted by Gasteiger charge is -2.08. The maximum absolute atomic E-state index is 12.1. The second-order valence-corrected chi connectivity index (χ2v) is 5.85. The zero-order valence-corrected chi connectivity index (χ0v) is 13.8. The van der Waals surface area contributed by atoms with Crippen molar-refractivity contribution in [1.29, 1.82) is 0 Å². The minimum absolute atomic E-state index is 0.123. The smallest absolute Gasteiger partial charge is 0.252 e. The van der Waals surface area contributed by atoms with Crippen LogP contribution in [0.3, 0.4) is 0 Å². The van der Waals surface area contributed by atoms with E-state index >= 15 is 0 Å². The molecule has 0 radical (unpaired) electrons. The molecular formula is C15H19BrN4O. The number of halogens is 1. The highest BCUT2D eigenvalue weighted by Gasteiger charge is 2.09. The van der Waals surface area contributed by atoms with Gasteiger partial charge >= 0.3 is 0 Å². The number of amides is 1. The summed E-state index contributed by atoms with van der Waals surface area (Å²) >= 11 is 3.36. The van der Waals surface area contributed by atoms with Crippen molar-refractivity contribution >= 4 is 27.5 Å². The van der Waals surface area contributed by atoms with E-state index in [-0.39, 0.29) is 5.91 Å². The number of nitrogens with zero attached hydrogens (tertiary/aromatic N) is 2. The van der Waals surface area contributed by atoms with Gasteiger partial charge in [-0.1, -0.05) is 0 Å². The number of nitrogen functional groups attached to an aromatic ring is 1. The Morgan fingerprint density at radius 2 is 2.14 bits per heavy atom. The SMILES string of the molecule is Cc1cc(C)n(CCCNC(=O)c2cc(N)ccc2Br)n1. The number of nitrogens with one attached hydrogen (secondary N) is 1. The number of carbonyl (C=O) groups excluding carboxylic acids is 1. The van der Waals surface area contributed by atoms with Crippen LogP contribution in [0.5, 0.6) is 0 Å². The highest BCUT2D eigenvalue weighted by Crippen LogP contribution is 2.19. The fourth-order valence-corrected chi connectivity index (χ4v) is 2.57. The second kappa shape index (κ2) is 6.76. The van der Waals surface area contributed by atoms with E-state index in [0.29, 0.717) is 17.8 Å². The highest BCUT2D eigenvalue weighted by atomic mass is 79.9. The number of aryl methyl sites for hydroxylation is 3. The van der Waals surface area contributed by atoms with Crippen molar-refractivity contribution in [2.75, 3.05) is 12.3 Å². The summed E-state index contributed by atoms with van der Waals surface area (Å²) in [5.41, 5.74) is 8.98. The summed E-state index contributed by atoms with van der Waals surface area (Å²) in [6.07, 6.45) is 0.827. The molecule has 0 atom stereocenters. The lowest BCUT2D eigenvalue weighted by molar-refractivity contribution is 0.0952. The Balaban J connectivity index is 1.84. The third-order valence-electron chi connectivity index (χ3n) is 3.17. The third-order valence-corrected chi connectivity index (χ3v) is 3.86. The molecule has 0 fully saturated rings. The van der Waals surface area contributed by atoms with Crippen molar-refractivity contribution in [2.24, 2.45) is 0 Å². The van der Waals surface area contributed by atoms with Gasteiger partial charge in [0.1, 0.15) is 0 Å². The standard InChI is InChI=1S/C15H19BrN4O/c1-10-8-11(2)20(19-10)7-3-6-18-15(21)13-9-12(17)4-5-14(13)16/h4-5,8-9H,3,6-7,17H2,1-2H3,(H,18,21). The van der Waals surface area contributed by atoms with Gasteiger partial charge in [-0.15, -0.1) is 0 Å². The van der Waals surface area contributed by atoms with Crippen molar-refractivity contribution in [3.63, 3.8) is 0 Å². The molecular weight excluding hydrogens is 332 g/mol. The van der Waals surface area contributed by atoms with Crippen molar-refractivity contribution in [3.8, 4) is 0 Å². The van der Waals surface area contributed by atoms with Crippen LogP contribution in [0, 0.1) is 13.8 Å². The van der Waals surface area contributed by atoms with Gasteiger partial charge in [-0.05, 0) is 60.5 Å². The lowest BCUT2D eigenvalue weighted by atomic mass is 10.2. The first kappa shape index (κ1) is 15.6. The van der Waals surface area contributed by atoms with Gasteiger partial charge < -0.3 is 11.1 Å². The first-order valence-corrected chi connectivity index (χ1v) is 7.61. The van der Waals surface area contributed by atoms with Gasteiger partial charge in [-0.2, -0.15) is 5.10 Å². The zero-order valence-electron chi connectivity index (χ0n) is 12.2. The number of rotatable bonds is 5. The largest absolute Gasteiger partial charge is 0.399 e. The van der Waals surface area contributed by atoms with Crippen LogP contribution in [-0.4, -0.2) is 22.2 Å². The second-order valence-electron chi connectivity index (χ2n) is 5.00. The Hall–Kier alpha value is -1.82. The van der Waals surface area contributed by atoms with Crippen LogP contribution >= 0.6 is 15.9 Å². The molecule has 2 rings (SSSR count). The molecule has 0 saturated carbocycles. The molecule has 0 saturated heterocycles. The fraction of sp³-hybridized carbons (Fsp3) is 0.333. The van der Waals surface area contributed by atoms with Crippen molar-refractivity contribution in [1.82, 2.24) is 15.1 Å². The number of anilines is 1. The molecule has 5 nitrogen and oxygen atoms in total. The molecule has 1 heterocycles. The molecule has 0 unspecified atom stereocenters. The van der Waals surface area contributed by atoms with E-state index in [1.807, 2.05) is 24.6 Å². The minimum Gasteiger partial charge on any atom is -0.399 e. The summed E-state index contributed by atoms with van der Waals surface area (Å²) < 4.78 is 2.70. The summed E-state index contributed by atoms with van der Waals surface area (Å²) in [6.45, 7) is 5.39. The van der Waals surface area contributed by atoms with Gasteiger partial charge in [0.2, 0.25) is 0 Å². The van der Waals surface area contributed by atoms with Crippen LogP contribution in [0.2, 0.25) is 0 Å². The topological polar surface area (TPSA) is 72.9 Å². The molecule has 0 aliphatic heterocycles. The van der Waals surface area contributed by atoms with E-state index in [0.717, 1.165) is 28.8 Å². The van der Waals surface area contributed by atoms with Crippen molar-refractivity contribution in [2.45, 2.75) is 26.8 Å². The summed E-state index contributed by atoms with van der Waals surface area (Å²) in [7, 11) is 0. The fourth-order valence-electron chi connectivity index (χ4n) is 2.14. The quantitative estimate of drug-likeness (QED) is 0.643. The molecule has 21 heavy (non-hydrogen) atoms. The molecule has 1 amide bonds. The Bertz CT molecular complexity index is 651. The molecule has 0 aliphatic rings. The number of hydrogen-bond donors (Lipinski definition) is 2. The Morgan fingerprint density at radius 1 is 1.38 bits per heavy atom. The number of hydrogen-bond acceptors (Lipinski definition) is 3. The van der Waals surface area contributed by atoms with E-state index < -0.39 is 0 Å². The number of carbonyl (C=O) groups is 1. The minimum atomic E-state index is -0.123. The summed E-state index contributed by atoms with van der Waals surface area (Å²) in [6, 6.07) is 7.24. The summed E-state index contributed by atoms with van der Waals surface area (Å²) in [5, 5.41) is 7.29. The summed E-state index contributed by atoms with van der Waals surface area (Å²) in [4.78, 5) is 12.1. The molecule has 3 N–H and O–H groups in total.